The first-order valence-corrected chi connectivity index (χ1v) is 13.1. The zero-order chi connectivity index (χ0) is 26.5. The fourth-order valence-corrected chi connectivity index (χ4v) is 5.40. The number of aliphatic hydroxyl groups is 3. The lowest BCUT2D eigenvalue weighted by molar-refractivity contribution is -0.144. The van der Waals surface area contributed by atoms with Crippen molar-refractivity contribution >= 4 is 11.8 Å². The molecule has 0 saturated heterocycles. The van der Waals surface area contributed by atoms with E-state index in [1.54, 1.807) is 23.1 Å². The van der Waals surface area contributed by atoms with Gasteiger partial charge in [0, 0.05) is 43.4 Å². The van der Waals surface area contributed by atoms with Gasteiger partial charge in [0.2, 0.25) is 11.8 Å². The fraction of sp³-hybridized carbons (Fsp3) is 0.630. The number of carbonyl (C=O) groups is 2. The number of ether oxygens (including phenoxy) is 3. The number of hydrogen-bond donors (Lipinski definition) is 4. The van der Waals surface area contributed by atoms with Crippen LogP contribution in [-0.4, -0.2) is 90.3 Å². The van der Waals surface area contributed by atoms with Crippen molar-refractivity contribution in [2.45, 2.75) is 63.4 Å². The second-order valence-electron chi connectivity index (χ2n) is 9.73. The third kappa shape index (κ3) is 5.47. The van der Waals surface area contributed by atoms with Crippen molar-refractivity contribution in [1.29, 1.82) is 0 Å². The Morgan fingerprint density at radius 2 is 2.03 bits per heavy atom. The molecule has 2 amide bonds. The summed E-state index contributed by atoms with van der Waals surface area (Å²) in [5.41, 5.74) is 1.56. The molecule has 4 atom stereocenters. The van der Waals surface area contributed by atoms with Crippen LogP contribution >= 0.6 is 0 Å². The maximum atomic E-state index is 13.5. The van der Waals surface area contributed by atoms with Crippen LogP contribution in [-0.2, 0) is 20.9 Å². The van der Waals surface area contributed by atoms with Gasteiger partial charge in [0.15, 0.2) is 11.5 Å². The second-order valence-corrected chi connectivity index (χ2v) is 9.73. The number of hydrogen-bond acceptors (Lipinski definition) is 8. The Bertz CT molecular complexity index is 1010. The minimum absolute atomic E-state index is 0.0349. The molecule has 0 bridgehead atoms. The van der Waals surface area contributed by atoms with E-state index < -0.39 is 30.1 Å². The summed E-state index contributed by atoms with van der Waals surface area (Å²) < 4.78 is 17.2. The molecule has 4 unspecified atom stereocenters. The van der Waals surface area contributed by atoms with Gasteiger partial charge in [-0.2, -0.15) is 0 Å². The van der Waals surface area contributed by atoms with Crippen LogP contribution in [0.4, 0.5) is 0 Å². The Labute approximate surface area is 217 Å². The SMILES string of the molecule is CCOCCCN(C(=O)C1CCC1)C1C=C(C(=O)NCCO)C2c3cc(CO)cc(OC)c3OC2C1O. The zero-order valence-electron chi connectivity index (χ0n) is 21.5. The minimum atomic E-state index is -1.11. The highest BCUT2D eigenvalue weighted by Crippen LogP contribution is 2.51. The third-order valence-electron chi connectivity index (χ3n) is 7.48. The Morgan fingerprint density at radius 3 is 2.65 bits per heavy atom. The van der Waals surface area contributed by atoms with Crippen molar-refractivity contribution < 1.29 is 39.1 Å². The molecule has 2 aliphatic carbocycles. The van der Waals surface area contributed by atoms with Gasteiger partial charge in [0.05, 0.1) is 32.3 Å². The summed E-state index contributed by atoms with van der Waals surface area (Å²) in [6, 6.07) is 2.64. The first-order valence-electron chi connectivity index (χ1n) is 13.1. The molecule has 0 aromatic heterocycles. The number of aliphatic hydroxyl groups excluding tert-OH is 3. The number of fused-ring (bicyclic) bond motifs is 3. The molecule has 204 valence electrons. The standard InChI is InChI=1S/C27H38N2O8/c1-3-36-11-5-9-29(27(34)17-6-4-7-17)20-14-19(26(33)28-8-10-30)22-18-12-16(15-31)13-21(35-2)24(18)37-25(22)23(20)32/h12-14,17,20,22-23,25,30-32H,3-11,15H2,1-2H3,(H,28,33). The van der Waals surface area contributed by atoms with Crippen LogP contribution in [0.2, 0.25) is 0 Å². The first kappa shape index (κ1) is 27.4. The van der Waals surface area contributed by atoms with E-state index in [9.17, 15) is 24.9 Å². The number of nitrogens with one attached hydrogen (secondary N) is 1. The van der Waals surface area contributed by atoms with E-state index in [-0.39, 0.29) is 31.6 Å². The van der Waals surface area contributed by atoms with E-state index in [2.05, 4.69) is 5.32 Å². The molecule has 10 nitrogen and oxygen atoms in total. The molecule has 0 radical (unpaired) electrons. The highest BCUT2D eigenvalue weighted by Gasteiger charge is 2.51. The van der Waals surface area contributed by atoms with E-state index >= 15 is 0 Å². The van der Waals surface area contributed by atoms with E-state index in [0.29, 0.717) is 54.4 Å². The highest BCUT2D eigenvalue weighted by molar-refractivity contribution is 5.96. The average molecular weight is 519 g/mol. The van der Waals surface area contributed by atoms with Gasteiger partial charge in [-0.1, -0.05) is 6.42 Å². The monoisotopic (exact) mass is 518 g/mol. The molecule has 10 heteroatoms. The van der Waals surface area contributed by atoms with E-state index in [1.165, 1.54) is 7.11 Å². The third-order valence-corrected chi connectivity index (χ3v) is 7.48. The van der Waals surface area contributed by atoms with Crippen LogP contribution in [0.1, 0.15) is 49.7 Å². The van der Waals surface area contributed by atoms with Crippen LogP contribution in [0, 0.1) is 5.92 Å². The Hall–Kier alpha value is -2.66. The van der Waals surface area contributed by atoms with Gasteiger partial charge in [0.25, 0.3) is 0 Å². The Morgan fingerprint density at radius 1 is 1.24 bits per heavy atom. The quantitative estimate of drug-likeness (QED) is 0.299. The largest absolute Gasteiger partial charge is 0.493 e. The smallest absolute Gasteiger partial charge is 0.247 e. The number of amides is 2. The van der Waals surface area contributed by atoms with Crippen molar-refractivity contribution in [3.05, 3.63) is 34.9 Å². The van der Waals surface area contributed by atoms with Gasteiger partial charge in [-0.05, 0) is 50.0 Å². The highest BCUT2D eigenvalue weighted by atomic mass is 16.5. The van der Waals surface area contributed by atoms with Crippen LogP contribution in [0.15, 0.2) is 23.8 Å². The first-order chi connectivity index (χ1) is 17.9. The molecule has 4 rings (SSSR count). The van der Waals surface area contributed by atoms with Crippen molar-refractivity contribution in [3.63, 3.8) is 0 Å². The average Bonchev–Trinajstić information content (AvgIpc) is 3.26. The molecular formula is C27H38N2O8. The zero-order valence-corrected chi connectivity index (χ0v) is 21.5. The maximum absolute atomic E-state index is 13.5. The van der Waals surface area contributed by atoms with Gasteiger partial charge in [-0.25, -0.2) is 0 Å². The lowest BCUT2D eigenvalue weighted by atomic mass is 9.76. The van der Waals surface area contributed by atoms with Gasteiger partial charge in [-0.15, -0.1) is 0 Å². The summed E-state index contributed by atoms with van der Waals surface area (Å²) in [7, 11) is 1.49. The normalized spacial score (nSPS) is 24.3. The van der Waals surface area contributed by atoms with Crippen molar-refractivity contribution in [2.24, 2.45) is 5.92 Å². The summed E-state index contributed by atoms with van der Waals surface area (Å²) >= 11 is 0. The summed E-state index contributed by atoms with van der Waals surface area (Å²) in [4.78, 5) is 28.5. The molecule has 37 heavy (non-hydrogen) atoms. The predicted octanol–water partition coefficient (Wildman–Crippen LogP) is 0.865. The van der Waals surface area contributed by atoms with Crippen LogP contribution in [0.25, 0.3) is 0 Å². The molecule has 1 heterocycles. The summed E-state index contributed by atoms with van der Waals surface area (Å²) in [5.74, 6) is -0.365. The second kappa shape index (κ2) is 12.3. The van der Waals surface area contributed by atoms with Gasteiger partial charge in [0.1, 0.15) is 12.2 Å². The molecule has 3 aliphatic rings. The molecule has 4 N–H and O–H groups in total. The van der Waals surface area contributed by atoms with Gasteiger partial charge < -0.3 is 39.7 Å². The lowest BCUT2D eigenvalue weighted by Crippen LogP contribution is -2.57. The predicted molar refractivity (Wildman–Crippen MR) is 134 cm³/mol. The van der Waals surface area contributed by atoms with Crippen molar-refractivity contribution in [1.82, 2.24) is 10.2 Å². The Kier molecular flexibility index (Phi) is 9.07. The molecule has 1 aliphatic heterocycles. The number of rotatable bonds is 12. The lowest BCUT2D eigenvalue weighted by Gasteiger charge is -2.42. The van der Waals surface area contributed by atoms with Crippen LogP contribution in [0.3, 0.4) is 0 Å². The van der Waals surface area contributed by atoms with E-state index in [0.717, 1.165) is 19.3 Å². The molecule has 1 aromatic rings. The van der Waals surface area contributed by atoms with Crippen LogP contribution < -0.4 is 14.8 Å². The van der Waals surface area contributed by atoms with Gasteiger partial charge in [-0.3, -0.25) is 9.59 Å². The van der Waals surface area contributed by atoms with Gasteiger partial charge >= 0.3 is 0 Å². The molecule has 1 fully saturated rings. The number of benzene rings is 1. The molecule has 1 saturated carbocycles. The molecule has 0 spiro atoms. The summed E-state index contributed by atoms with van der Waals surface area (Å²) in [5, 5.41) is 33.4. The molecule has 1 aromatic carbocycles. The molecular weight excluding hydrogens is 480 g/mol. The Balaban J connectivity index is 1.74. The fourth-order valence-electron chi connectivity index (χ4n) is 5.40. The van der Waals surface area contributed by atoms with E-state index in [1.807, 2.05) is 6.92 Å². The number of carbonyl (C=O) groups excluding carboxylic acids is 2. The summed E-state index contributed by atoms with van der Waals surface area (Å²) in [6.07, 6.45) is 2.94. The van der Waals surface area contributed by atoms with Crippen molar-refractivity contribution in [3.8, 4) is 11.5 Å². The number of nitrogens with zero attached hydrogens (tertiary/aromatic N) is 1. The van der Waals surface area contributed by atoms with E-state index in [4.69, 9.17) is 14.2 Å². The van der Waals surface area contributed by atoms with Crippen LogP contribution in [0.5, 0.6) is 11.5 Å². The number of methoxy groups -OCH3 is 1. The maximum Gasteiger partial charge on any atom is 0.247 e. The minimum Gasteiger partial charge on any atom is -0.493 e. The topological polar surface area (TPSA) is 138 Å². The van der Waals surface area contributed by atoms with Crippen molar-refractivity contribution in [2.75, 3.05) is 40.0 Å². The summed E-state index contributed by atoms with van der Waals surface area (Å²) in [6.45, 7) is 2.95.